The van der Waals surface area contributed by atoms with E-state index in [1.54, 1.807) is 0 Å². The third-order valence-corrected chi connectivity index (χ3v) is 10.0. The first-order valence-electron chi connectivity index (χ1n) is 20.2. The molecule has 0 aliphatic heterocycles. The zero-order valence-corrected chi connectivity index (χ0v) is 29.6. The molecule has 0 N–H and O–H groups in total. The molecule has 55 heavy (non-hydrogen) atoms. The van der Waals surface area contributed by atoms with Crippen LogP contribution < -0.4 is 0 Å². The molecule has 0 saturated carbocycles. The fraction of sp³-hybridized carbons (Fsp3) is 0. The molecule has 0 atom stereocenters. The molecule has 0 fully saturated rings. The van der Waals surface area contributed by atoms with Gasteiger partial charge in [0, 0.05) is 38.7 Å². The molecular formula is C51H34N4. The van der Waals surface area contributed by atoms with Crippen molar-refractivity contribution in [3.63, 3.8) is 0 Å². The Labute approximate surface area is 325 Å². The Morgan fingerprint density at radius 1 is 0.345 bits per heavy atom. The average Bonchev–Trinajstić information content (AvgIpc) is 3.67. The molecule has 2 heterocycles. The molecule has 0 spiro atoms. The number of benzene rings is 8. The van der Waals surface area contributed by atoms with Crippen LogP contribution in [0.1, 0.15) is 5.48 Å². The molecule has 258 valence electrons. The van der Waals surface area contributed by atoms with E-state index in [2.05, 4.69) is 66.7 Å². The van der Waals surface area contributed by atoms with E-state index in [1.807, 2.05) is 120 Å². The van der Waals surface area contributed by atoms with Gasteiger partial charge in [-0.25, -0.2) is 15.0 Å². The van der Waals surface area contributed by atoms with Crippen molar-refractivity contribution in [1.82, 2.24) is 19.5 Å². The van der Waals surface area contributed by atoms with Gasteiger partial charge in [-0.2, -0.15) is 0 Å². The topological polar surface area (TPSA) is 43.6 Å². The van der Waals surface area contributed by atoms with E-state index in [4.69, 9.17) is 20.4 Å². The highest BCUT2D eigenvalue weighted by Gasteiger charge is 2.17. The minimum absolute atomic E-state index is 0.0528. The van der Waals surface area contributed by atoms with Gasteiger partial charge in [-0.15, -0.1) is 0 Å². The highest BCUT2D eigenvalue weighted by atomic mass is 15.0. The Hall–Kier alpha value is -7.43. The summed E-state index contributed by atoms with van der Waals surface area (Å²) in [5.74, 6) is 1.80. The standard InChI is InChI=1S/C51H34N4/c1-4-13-35(14-5-1)36-23-27-39(28-24-36)44-20-12-21-46-45-19-10-11-22-47(45)55(48(44)46)43-33-31-38(32-34-43)37-25-29-42(30-26-37)51-53-49(40-15-6-2-7-16-40)52-50(54-51)41-17-8-3-9-18-41/h1-34H/i10D,11D,19D,22D. The van der Waals surface area contributed by atoms with Crippen molar-refractivity contribution in [1.29, 1.82) is 0 Å². The summed E-state index contributed by atoms with van der Waals surface area (Å²) < 4.78 is 37.3. The maximum Gasteiger partial charge on any atom is 0.164 e. The average molecular weight is 707 g/mol. The summed E-state index contributed by atoms with van der Waals surface area (Å²) in [4.78, 5) is 14.6. The van der Waals surface area contributed by atoms with Crippen molar-refractivity contribution in [2.24, 2.45) is 0 Å². The van der Waals surface area contributed by atoms with Gasteiger partial charge in [-0.1, -0.05) is 188 Å². The number of rotatable bonds is 7. The molecule has 0 unspecified atom stereocenters. The number of hydrogen-bond acceptors (Lipinski definition) is 3. The first kappa shape index (κ1) is 28.1. The molecule has 0 aliphatic rings. The molecule has 0 saturated heterocycles. The second kappa shape index (κ2) is 13.8. The van der Waals surface area contributed by atoms with Crippen LogP contribution in [0.3, 0.4) is 0 Å². The fourth-order valence-electron chi connectivity index (χ4n) is 7.28. The van der Waals surface area contributed by atoms with E-state index >= 15 is 0 Å². The number of aromatic nitrogens is 4. The van der Waals surface area contributed by atoms with E-state index in [-0.39, 0.29) is 24.2 Å². The van der Waals surface area contributed by atoms with Crippen LogP contribution in [0, 0.1) is 0 Å². The lowest BCUT2D eigenvalue weighted by atomic mass is 9.98. The highest BCUT2D eigenvalue weighted by Crippen LogP contribution is 2.39. The van der Waals surface area contributed by atoms with Crippen LogP contribution in [-0.2, 0) is 0 Å². The lowest BCUT2D eigenvalue weighted by Gasteiger charge is -2.13. The second-order valence-electron chi connectivity index (χ2n) is 13.4. The van der Waals surface area contributed by atoms with Gasteiger partial charge in [-0.05, 0) is 46.0 Å². The van der Waals surface area contributed by atoms with Crippen LogP contribution in [0.25, 0.3) is 95.0 Å². The largest absolute Gasteiger partial charge is 0.309 e. The van der Waals surface area contributed by atoms with Crippen molar-refractivity contribution in [3.8, 4) is 73.2 Å². The van der Waals surface area contributed by atoms with Gasteiger partial charge in [0.25, 0.3) is 0 Å². The fourth-order valence-corrected chi connectivity index (χ4v) is 7.28. The summed E-state index contributed by atoms with van der Waals surface area (Å²) in [6.07, 6.45) is 0. The van der Waals surface area contributed by atoms with Crippen LogP contribution in [-0.4, -0.2) is 19.5 Å². The maximum absolute atomic E-state index is 9.11. The minimum atomic E-state index is -0.262. The minimum Gasteiger partial charge on any atom is -0.309 e. The first-order valence-corrected chi connectivity index (χ1v) is 18.2. The molecule has 0 aliphatic carbocycles. The summed E-state index contributed by atoms with van der Waals surface area (Å²) in [6, 6.07) is 60.2. The Bertz CT molecular complexity index is 3090. The highest BCUT2D eigenvalue weighted by molar-refractivity contribution is 6.13. The van der Waals surface area contributed by atoms with E-state index in [9.17, 15) is 0 Å². The zero-order valence-electron chi connectivity index (χ0n) is 33.6. The molecule has 0 radical (unpaired) electrons. The van der Waals surface area contributed by atoms with Crippen LogP contribution in [0.5, 0.6) is 0 Å². The van der Waals surface area contributed by atoms with Gasteiger partial charge >= 0.3 is 0 Å². The Balaban J connectivity index is 1.06. The lowest BCUT2D eigenvalue weighted by Crippen LogP contribution is -2.00. The predicted octanol–water partition coefficient (Wildman–Crippen LogP) is 13.0. The summed E-state index contributed by atoms with van der Waals surface area (Å²) in [5.41, 5.74) is 10.9. The van der Waals surface area contributed by atoms with Gasteiger partial charge in [0.1, 0.15) is 0 Å². The molecule has 2 aromatic heterocycles. The summed E-state index contributed by atoms with van der Waals surface area (Å²) in [7, 11) is 0. The zero-order chi connectivity index (χ0) is 40.0. The van der Waals surface area contributed by atoms with Crippen LogP contribution in [0.2, 0.25) is 0 Å². The number of para-hydroxylation sites is 2. The van der Waals surface area contributed by atoms with Crippen molar-refractivity contribution in [2.45, 2.75) is 0 Å². The van der Waals surface area contributed by atoms with Gasteiger partial charge in [0.15, 0.2) is 17.5 Å². The second-order valence-corrected chi connectivity index (χ2v) is 13.4. The lowest BCUT2D eigenvalue weighted by molar-refractivity contribution is 1.07. The van der Waals surface area contributed by atoms with Crippen molar-refractivity contribution in [2.75, 3.05) is 0 Å². The molecule has 10 aromatic rings. The van der Waals surface area contributed by atoms with E-state index in [1.165, 1.54) is 0 Å². The van der Waals surface area contributed by atoms with Crippen molar-refractivity contribution in [3.05, 3.63) is 206 Å². The van der Waals surface area contributed by atoms with Gasteiger partial charge < -0.3 is 4.57 Å². The van der Waals surface area contributed by atoms with Crippen molar-refractivity contribution >= 4 is 21.8 Å². The van der Waals surface area contributed by atoms with E-state index in [0.717, 1.165) is 66.7 Å². The molecular weight excluding hydrogens is 669 g/mol. The monoisotopic (exact) mass is 706 g/mol. The Morgan fingerprint density at radius 2 is 0.764 bits per heavy atom. The summed E-state index contributed by atoms with van der Waals surface area (Å²) in [5, 5.41) is 1.26. The predicted molar refractivity (Wildman–Crippen MR) is 227 cm³/mol. The molecule has 0 bridgehead atoms. The third kappa shape index (κ3) is 6.06. The maximum atomic E-state index is 9.11. The molecule has 0 amide bonds. The van der Waals surface area contributed by atoms with Gasteiger partial charge in [0.2, 0.25) is 0 Å². The van der Waals surface area contributed by atoms with Gasteiger partial charge in [0.05, 0.1) is 16.5 Å². The Morgan fingerprint density at radius 3 is 1.31 bits per heavy atom. The molecule has 4 nitrogen and oxygen atoms in total. The van der Waals surface area contributed by atoms with Crippen LogP contribution in [0.4, 0.5) is 0 Å². The molecule has 10 rings (SSSR count). The quantitative estimate of drug-likeness (QED) is 0.166. The number of nitrogens with zero attached hydrogens (tertiary/aromatic N) is 4. The van der Waals surface area contributed by atoms with Gasteiger partial charge in [-0.3, -0.25) is 0 Å². The summed E-state index contributed by atoms with van der Waals surface area (Å²) in [6.45, 7) is 0. The summed E-state index contributed by atoms with van der Waals surface area (Å²) >= 11 is 0. The van der Waals surface area contributed by atoms with Crippen molar-refractivity contribution < 1.29 is 5.48 Å². The van der Waals surface area contributed by atoms with Crippen LogP contribution in [0.15, 0.2) is 206 Å². The van der Waals surface area contributed by atoms with E-state index < -0.39 is 0 Å². The van der Waals surface area contributed by atoms with E-state index in [0.29, 0.717) is 28.4 Å². The van der Waals surface area contributed by atoms with Crippen LogP contribution >= 0.6 is 0 Å². The molecule has 4 heteroatoms. The number of hydrogen-bond donors (Lipinski definition) is 0. The molecule has 8 aromatic carbocycles. The number of fused-ring (bicyclic) bond motifs is 3. The first-order chi connectivity index (χ1) is 28.9. The smallest absolute Gasteiger partial charge is 0.164 e. The third-order valence-electron chi connectivity index (χ3n) is 10.0. The SMILES string of the molecule is [2H]c1c([2H])c([2H])c2c(c1[2H])c1cccc(-c3ccc(-c4ccccc4)cc3)c1n2-c1ccc(-c2ccc(-c3nc(-c4ccccc4)nc(-c4ccccc4)n3)cc2)cc1. The Kier molecular flexibility index (Phi) is 7.08. The normalized spacial score (nSPS) is 12.3.